The van der Waals surface area contributed by atoms with Gasteiger partial charge in [-0.1, -0.05) is 0 Å². The van der Waals surface area contributed by atoms with Crippen LogP contribution in [0.4, 0.5) is 18.9 Å². The van der Waals surface area contributed by atoms with Crippen molar-refractivity contribution in [3.8, 4) is 11.5 Å². The molecule has 0 aliphatic carbocycles. The summed E-state index contributed by atoms with van der Waals surface area (Å²) in [4.78, 5) is 11.3. The van der Waals surface area contributed by atoms with Gasteiger partial charge < -0.3 is 19.5 Å². The summed E-state index contributed by atoms with van der Waals surface area (Å²) in [7, 11) is 0. The minimum absolute atomic E-state index is 0.00505. The molecule has 0 fully saturated rings. The number of benzene rings is 1. The Labute approximate surface area is 122 Å². The molecular formula is C12H11ClF3NO4. The van der Waals surface area contributed by atoms with Crippen molar-refractivity contribution in [1.29, 1.82) is 0 Å². The van der Waals surface area contributed by atoms with Crippen molar-refractivity contribution in [2.45, 2.75) is 12.8 Å². The lowest BCUT2D eigenvalue weighted by atomic mass is 10.1. The molecule has 9 heteroatoms. The van der Waals surface area contributed by atoms with E-state index < -0.39 is 18.7 Å². The van der Waals surface area contributed by atoms with E-state index >= 15 is 0 Å². The summed E-state index contributed by atoms with van der Waals surface area (Å²) in [6.45, 7) is -1.72. The Morgan fingerprint density at radius 1 is 1.33 bits per heavy atom. The summed E-state index contributed by atoms with van der Waals surface area (Å²) in [5.41, 5.74) is 0.606. The molecule has 0 spiro atoms. The van der Waals surface area contributed by atoms with Crippen LogP contribution >= 0.6 is 11.6 Å². The fourth-order valence-electron chi connectivity index (χ4n) is 1.68. The molecule has 0 saturated heterocycles. The number of carbonyl (C=O) groups is 1. The molecule has 0 atom stereocenters. The van der Waals surface area contributed by atoms with Gasteiger partial charge in [-0.25, -0.2) is 0 Å². The predicted octanol–water partition coefficient (Wildman–Crippen LogP) is 2.67. The number of nitrogens with one attached hydrogen (secondary N) is 1. The van der Waals surface area contributed by atoms with Crippen molar-refractivity contribution >= 4 is 23.2 Å². The fourth-order valence-corrected chi connectivity index (χ4v) is 1.75. The summed E-state index contributed by atoms with van der Waals surface area (Å²) in [6.07, 6.45) is -4.42. The normalized spacial score (nSPS) is 13.3. The Morgan fingerprint density at radius 2 is 2.00 bits per heavy atom. The summed E-state index contributed by atoms with van der Waals surface area (Å²) in [5, 5.41) is 2.47. The van der Waals surface area contributed by atoms with Crippen molar-refractivity contribution in [2.75, 3.05) is 24.6 Å². The average molecular weight is 326 g/mol. The first kappa shape index (κ1) is 15.7. The molecule has 2 rings (SSSR count). The largest absolute Gasteiger partial charge is 0.454 e. The highest BCUT2D eigenvalue weighted by Crippen LogP contribution is 2.37. The van der Waals surface area contributed by atoms with E-state index in [2.05, 4.69) is 10.1 Å². The predicted molar refractivity (Wildman–Crippen MR) is 67.6 cm³/mol. The quantitative estimate of drug-likeness (QED) is 0.846. The highest BCUT2D eigenvalue weighted by molar-refractivity contribution is 6.29. The van der Waals surface area contributed by atoms with Gasteiger partial charge in [0.25, 0.3) is 0 Å². The smallest absolute Gasteiger partial charge is 0.411 e. The zero-order valence-corrected chi connectivity index (χ0v) is 11.4. The second-order valence-corrected chi connectivity index (χ2v) is 4.42. The molecule has 1 amide bonds. The van der Waals surface area contributed by atoms with E-state index in [0.717, 1.165) is 0 Å². The first-order valence-corrected chi connectivity index (χ1v) is 6.35. The molecule has 21 heavy (non-hydrogen) atoms. The average Bonchev–Trinajstić information content (AvgIpc) is 2.84. The third-order valence-electron chi connectivity index (χ3n) is 2.52. The van der Waals surface area contributed by atoms with Crippen LogP contribution in [-0.2, 0) is 16.1 Å². The number of carbonyl (C=O) groups excluding carboxylic acids is 1. The van der Waals surface area contributed by atoms with Crippen LogP contribution in [0.2, 0.25) is 0 Å². The Bertz CT molecular complexity index is 536. The van der Waals surface area contributed by atoms with E-state index in [0.29, 0.717) is 17.1 Å². The lowest BCUT2D eigenvalue weighted by Crippen LogP contribution is -2.18. The summed E-state index contributed by atoms with van der Waals surface area (Å²) in [5.74, 6) is -0.00590. The molecule has 5 nitrogen and oxygen atoms in total. The Morgan fingerprint density at radius 3 is 2.62 bits per heavy atom. The van der Waals surface area contributed by atoms with Gasteiger partial charge in [0.15, 0.2) is 11.5 Å². The minimum atomic E-state index is -4.42. The maximum absolute atomic E-state index is 12.1. The van der Waals surface area contributed by atoms with Crippen LogP contribution in [-0.4, -0.2) is 31.4 Å². The number of rotatable bonds is 5. The third kappa shape index (κ3) is 4.40. The number of alkyl halides is 4. The molecule has 116 valence electrons. The molecule has 1 aliphatic rings. The third-order valence-corrected chi connectivity index (χ3v) is 2.76. The molecule has 1 aromatic rings. The Kier molecular flexibility index (Phi) is 4.79. The minimum Gasteiger partial charge on any atom is -0.454 e. The number of hydrogen-bond donors (Lipinski definition) is 1. The highest BCUT2D eigenvalue weighted by Gasteiger charge is 2.28. The van der Waals surface area contributed by atoms with E-state index in [1.807, 2.05) is 0 Å². The number of ether oxygens (including phenoxy) is 3. The monoisotopic (exact) mass is 325 g/mol. The van der Waals surface area contributed by atoms with Gasteiger partial charge in [-0.2, -0.15) is 13.2 Å². The highest BCUT2D eigenvalue weighted by atomic mass is 35.5. The second kappa shape index (κ2) is 6.40. The molecule has 0 bridgehead atoms. The maximum Gasteiger partial charge on any atom is 0.411 e. The van der Waals surface area contributed by atoms with E-state index in [-0.39, 0.29) is 25.0 Å². The lowest BCUT2D eigenvalue weighted by Gasteiger charge is -2.13. The van der Waals surface area contributed by atoms with Crippen molar-refractivity contribution in [3.63, 3.8) is 0 Å². The fraction of sp³-hybridized carbons (Fsp3) is 0.417. The van der Waals surface area contributed by atoms with Gasteiger partial charge in [0.05, 0.1) is 12.3 Å². The van der Waals surface area contributed by atoms with Crippen LogP contribution < -0.4 is 14.8 Å². The standard InChI is InChI=1S/C12H11ClF3NO4/c13-3-11(18)17-8-2-10-9(20-6-21-10)1-7(8)4-19-5-12(14,15)16/h1-2H,3-6H2,(H,17,18). The van der Waals surface area contributed by atoms with Gasteiger partial charge in [0, 0.05) is 11.6 Å². The van der Waals surface area contributed by atoms with Crippen LogP contribution in [0, 0.1) is 0 Å². The van der Waals surface area contributed by atoms with Gasteiger partial charge in [-0.15, -0.1) is 11.6 Å². The summed E-state index contributed by atoms with van der Waals surface area (Å²) >= 11 is 5.39. The molecule has 1 aliphatic heterocycles. The van der Waals surface area contributed by atoms with Crippen LogP contribution in [0.1, 0.15) is 5.56 Å². The van der Waals surface area contributed by atoms with E-state index in [1.54, 1.807) is 0 Å². The molecule has 0 radical (unpaired) electrons. The zero-order valence-electron chi connectivity index (χ0n) is 10.6. The molecular weight excluding hydrogens is 315 g/mol. The van der Waals surface area contributed by atoms with E-state index in [4.69, 9.17) is 21.1 Å². The van der Waals surface area contributed by atoms with Gasteiger partial charge in [0.2, 0.25) is 12.7 Å². The zero-order chi connectivity index (χ0) is 15.5. The van der Waals surface area contributed by atoms with Crippen LogP contribution in [0.3, 0.4) is 0 Å². The topological polar surface area (TPSA) is 56.8 Å². The van der Waals surface area contributed by atoms with Gasteiger partial charge >= 0.3 is 6.18 Å². The van der Waals surface area contributed by atoms with Crippen molar-refractivity contribution in [3.05, 3.63) is 17.7 Å². The lowest BCUT2D eigenvalue weighted by molar-refractivity contribution is -0.176. The molecule has 0 saturated carbocycles. The number of amides is 1. The SMILES string of the molecule is O=C(CCl)Nc1cc2c(cc1COCC(F)(F)F)OCO2. The Balaban J connectivity index is 2.14. The van der Waals surface area contributed by atoms with Gasteiger partial charge in [-0.05, 0) is 6.07 Å². The van der Waals surface area contributed by atoms with Gasteiger partial charge in [0.1, 0.15) is 12.5 Å². The number of hydrogen-bond acceptors (Lipinski definition) is 4. The molecule has 0 aromatic heterocycles. The number of halogens is 4. The molecule has 0 unspecified atom stereocenters. The van der Waals surface area contributed by atoms with E-state index in [1.165, 1.54) is 12.1 Å². The first-order valence-electron chi connectivity index (χ1n) is 5.82. The van der Waals surface area contributed by atoms with Gasteiger partial charge in [-0.3, -0.25) is 4.79 Å². The second-order valence-electron chi connectivity index (χ2n) is 4.15. The van der Waals surface area contributed by atoms with Crippen molar-refractivity contribution in [1.82, 2.24) is 0 Å². The Hall–Kier alpha value is -1.67. The first-order chi connectivity index (χ1) is 9.89. The summed E-state index contributed by atoms with van der Waals surface area (Å²) < 4.78 is 51.1. The van der Waals surface area contributed by atoms with Crippen LogP contribution in [0.5, 0.6) is 11.5 Å². The number of fused-ring (bicyclic) bond motifs is 1. The van der Waals surface area contributed by atoms with Crippen molar-refractivity contribution in [2.24, 2.45) is 0 Å². The van der Waals surface area contributed by atoms with Crippen LogP contribution in [0.15, 0.2) is 12.1 Å². The maximum atomic E-state index is 12.1. The van der Waals surface area contributed by atoms with E-state index in [9.17, 15) is 18.0 Å². The summed E-state index contributed by atoms with van der Waals surface area (Å²) in [6, 6.07) is 2.92. The number of anilines is 1. The van der Waals surface area contributed by atoms with Crippen molar-refractivity contribution < 1.29 is 32.2 Å². The van der Waals surface area contributed by atoms with Crippen LogP contribution in [0.25, 0.3) is 0 Å². The molecule has 1 heterocycles. The molecule has 1 aromatic carbocycles. The molecule has 1 N–H and O–H groups in total.